The van der Waals surface area contributed by atoms with Gasteiger partial charge in [0.2, 0.25) is 0 Å². The predicted molar refractivity (Wildman–Crippen MR) is 89.0 cm³/mol. The molecule has 0 bridgehead atoms. The first-order valence-electron chi connectivity index (χ1n) is 7.98. The summed E-state index contributed by atoms with van der Waals surface area (Å²) in [6.07, 6.45) is 4.16. The Bertz CT molecular complexity index is 645. The second-order valence-corrected chi connectivity index (χ2v) is 5.92. The Morgan fingerprint density at radius 3 is 2.73 bits per heavy atom. The first-order chi connectivity index (χ1) is 10.7. The van der Waals surface area contributed by atoms with Crippen LogP contribution < -0.4 is 5.32 Å². The van der Waals surface area contributed by atoms with Crippen LogP contribution in [0.15, 0.2) is 42.6 Å². The van der Waals surface area contributed by atoms with Crippen LogP contribution in [0.4, 0.5) is 10.5 Å². The predicted octanol–water partition coefficient (Wildman–Crippen LogP) is 4.19. The van der Waals surface area contributed by atoms with E-state index >= 15 is 0 Å². The van der Waals surface area contributed by atoms with Crippen LogP contribution in [-0.4, -0.2) is 22.0 Å². The van der Waals surface area contributed by atoms with Gasteiger partial charge in [-0.05, 0) is 37.6 Å². The Morgan fingerprint density at radius 1 is 1.23 bits per heavy atom. The van der Waals surface area contributed by atoms with Crippen LogP contribution in [0.2, 0.25) is 0 Å². The number of anilines is 1. The van der Waals surface area contributed by atoms with Gasteiger partial charge in [0.15, 0.2) is 0 Å². The lowest BCUT2D eigenvalue weighted by molar-refractivity contribution is 0.163. The highest BCUT2D eigenvalue weighted by atomic mass is 16.2. The third-order valence-electron chi connectivity index (χ3n) is 4.29. The molecule has 2 aromatic rings. The molecule has 22 heavy (non-hydrogen) atoms. The van der Waals surface area contributed by atoms with Crippen molar-refractivity contribution in [2.24, 2.45) is 0 Å². The lowest BCUT2D eigenvalue weighted by Crippen LogP contribution is -2.44. The second kappa shape index (κ2) is 6.26. The summed E-state index contributed by atoms with van der Waals surface area (Å²) in [5.41, 5.74) is 3.29. The lowest BCUT2D eigenvalue weighted by Gasteiger charge is -2.37. The fourth-order valence-electron chi connectivity index (χ4n) is 3.12. The second-order valence-electron chi connectivity index (χ2n) is 5.92. The number of benzene rings is 1. The number of hydrogen-bond donors (Lipinski definition) is 1. The van der Waals surface area contributed by atoms with E-state index in [-0.39, 0.29) is 12.1 Å². The average Bonchev–Trinajstić information content (AvgIpc) is 2.99. The molecule has 1 aliphatic heterocycles. The largest absolute Gasteiger partial charge is 0.348 e. The van der Waals surface area contributed by atoms with Crippen molar-refractivity contribution in [3.05, 3.63) is 53.9 Å². The summed E-state index contributed by atoms with van der Waals surface area (Å²) < 4.78 is 2.26. The van der Waals surface area contributed by atoms with E-state index in [4.69, 9.17) is 0 Å². The summed E-state index contributed by atoms with van der Waals surface area (Å²) in [5.74, 6) is 0. The molecule has 1 atom stereocenters. The zero-order chi connectivity index (χ0) is 15.5. The smallest absolute Gasteiger partial charge is 0.322 e. The number of rotatable bonds is 3. The van der Waals surface area contributed by atoms with E-state index in [0.717, 1.165) is 31.6 Å². The first kappa shape index (κ1) is 14.7. The number of urea groups is 1. The van der Waals surface area contributed by atoms with Crippen molar-refractivity contribution in [3.8, 4) is 0 Å². The van der Waals surface area contributed by atoms with E-state index in [9.17, 15) is 4.79 Å². The van der Waals surface area contributed by atoms with Gasteiger partial charge < -0.3 is 14.8 Å². The van der Waals surface area contributed by atoms with Gasteiger partial charge in [-0.15, -0.1) is 0 Å². The van der Waals surface area contributed by atoms with E-state index in [1.807, 2.05) is 36.1 Å². The van der Waals surface area contributed by atoms with Gasteiger partial charge in [0, 0.05) is 30.7 Å². The number of amides is 2. The van der Waals surface area contributed by atoms with Crippen molar-refractivity contribution in [1.82, 2.24) is 9.47 Å². The van der Waals surface area contributed by atoms with E-state index in [1.54, 1.807) is 0 Å². The van der Waals surface area contributed by atoms with Crippen LogP contribution in [0.1, 0.15) is 37.1 Å². The van der Waals surface area contributed by atoms with Gasteiger partial charge in [0.25, 0.3) is 0 Å². The van der Waals surface area contributed by atoms with Gasteiger partial charge in [0.05, 0.1) is 6.04 Å². The number of carbonyl (C=O) groups excluding carboxylic acids is 1. The Labute approximate surface area is 131 Å². The van der Waals surface area contributed by atoms with Gasteiger partial charge in [-0.1, -0.05) is 31.0 Å². The molecule has 1 aromatic heterocycles. The highest BCUT2D eigenvalue weighted by Gasteiger charge is 2.30. The minimum absolute atomic E-state index is 0.00486. The van der Waals surface area contributed by atoms with Crippen molar-refractivity contribution >= 4 is 11.7 Å². The van der Waals surface area contributed by atoms with Gasteiger partial charge in [-0.3, -0.25) is 0 Å². The van der Waals surface area contributed by atoms with Crippen molar-refractivity contribution in [2.45, 2.75) is 39.3 Å². The molecular weight excluding hydrogens is 274 g/mol. The molecule has 1 N–H and O–H groups in total. The van der Waals surface area contributed by atoms with E-state index in [1.165, 1.54) is 11.3 Å². The summed E-state index contributed by atoms with van der Waals surface area (Å²) in [5, 5.41) is 3.03. The Hall–Kier alpha value is -2.23. The fourth-order valence-corrected chi connectivity index (χ4v) is 3.12. The van der Waals surface area contributed by atoms with Gasteiger partial charge >= 0.3 is 6.03 Å². The van der Waals surface area contributed by atoms with Crippen LogP contribution in [0.25, 0.3) is 0 Å². The molecule has 116 valence electrons. The Morgan fingerprint density at radius 2 is 2.00 bits per heavy atom. The Kier molecular flexibility index (Phi) is 4.18. The molecule has 1 aromatic carbocycles. The van der Waals surface area contributed by atoms with Crippen LogP contribution in [0.3, 0.4) is 0 Å². The zero-order valence-corrected chi connectivity index (χ0v) is 13.2. The molecule has 2 amide bonds. The topological polar surface area (TPSA) is 37.3 Å². The number of carbonyl (C=O) groups is 1. The van der Waals surface area contributed by atoms with Gasteiger partial charge in [-0.2, -0.15) is 0 Å². The Balaban J connectivity index is 1.77. The maximum absolute atomic E-state index is 12.7. The van der Waals surface area contributed by atoms with Gasteiger partial charge in [-0.25, -0.2) is 4.79 Å². The standard InChI is InChI=1S/C18H23N3O/c1-3-5-17-16-6-4-11-20(16)12-13-21(17)18(22)19-15-9-7-14(2)8-10-15/h4,6-11,17H,3,5,12-13H2,1-2H3,(H,19,22)/t17-/m1/s1. The SMILES string of the molecule is CCC[C@@H]1c2cccn2CCN1C(=O)Nc1ccc(C)cc1. The first-order valence-corrected chi connectivity index (χ1v) is 7.98. The van der Waals surface area contributed by atoms with Crippen LogP contribution in [0.5, 0.6) is 0 Å². The third-order valence-corrected chi connectivity index (χ3v) is 4.29. The fraction of sp³-hybridized carbons (Fsp3) is 0.389. The summed E-state index contributed by atoms with van der Waals surface area (Å²) in [6, 6.07) is 12.3. The van der Waals surface area contributed by atoms with Crippen molar-refractivity contribution in [3.63, 3.8) is 0 Å². The molecule has 0 saturated carbocycles. The number of hydrogen-bond acceptors (Lipinski definition) is 1. The molecule has 0 fully saturated rings. The van der Waals surface area contributed by atoms with E-state index < -0.39 is 0 Å². The summed E-state index contributed by atoms with van der Waals surface area (Å²) in [6.45, 7) is 5.83. The van der Waals surface area contributed by atoms with Crippen molar-refractivity contribution in [1.29, 1.82) is 0 Å². The number of fused-ring (bicyclic) bond motifs is 1. The minimum atomic E-state index is -0.00486. The lowest BCUT2D eigenvalue weighted by atomic mass is 10.0. The molecule has 0 aliphatic carbocycles. The number of aromatic nitrogens is 1. The molecule has 0 unspecified atom stereocenters. The third kappa shape index (κ3) is 2.86. The molecule has 0 radical (unpaired) electrons. The zero-order valence-electron chi connectivity index (χ0n) is 13.2. The van der Waals surface area contributed by atoms with E-state index in [2.05, 4.69) is 35.1 Å². The summed E-state index contributed by atoms with van der Waals surface area (Å²) >= 11 is 0. The summed E-state index contributed by atoms with van der Waals surface area (Å²) in [7, 11) is 0. The van der Waals surface area contributed by atoms with E-state index in [0.29, 0.717) is 0 Å². The molecule has 4 heteroatoms. The molecule has 3 rings (SSSR count). The number of nitrogens with one attached hydrogen (secondary N) is 1. The minimum Gasteiger partial charge on any atom is -0.348 e. The van der Waals surface area contributed by atoms with Gasteiger partial charge in [0.1, 0.15) is 0 Å². The highest BCUT2D eigenvalue weighted by molar-refractivity contribution is 5.89. The van der Waals surface area contributed by atoms with Crippen LogP contribution in [0, 0.1) is 6.92 Å². The molecule has 0 spiro atoms. The van der Waals surface area contributed by atoms with Crippen molar-refractivity contribution in [2.75, 3.05) is 11.9 Å². The maximum atomic E-state index is 12.7. The maximum Gasteiger partial charge on any atom is 0.322 e. The molecule has 0 saturated heterocycles. The monoisotopic (exact) mass is 297 g/mol. The molecular formula is C18H23N3O. The number of nitrogens with zero attached hydrogens (tertiary/aromatic N) is 2. The average molecular weight is 297 g/mol. The normalized spacial score (nSPS) is 17.2. The van der Waals surface area contributed by atoms with Crippen LogP contribution in [-0.2, 0) is 6.54 Å². The quantitative estimate of drug-likeness (QED) is 0.906. The molecule has 2 heterocycles. The highest BCUT2D eigenvalue weighted by Crippen LogP contribution is 2.30. The molecule has 1 aliphatic rings. The summed E-state index contributed by atoms with van der Waals surface area (Å²) in [4.78, 5) is 14.6. The number of aryl methyl sites for hydroxylation is 1. The van der Waals surface area contributed by atoms with Crippen LogP contribution >= 0.6 is 0 Å². The molecule has 4 nitrogen and oxygen atoms in total. The van der Waals surface area contributed by atoms with Crippen molar-refractivity contribution < 1.29 is 4.79 Å².